The van der Waals surface area contributed by atoms with E-state index in [0.717, 1.165) is 6.34 Å². The molecule has 2 N–H and O–H groups in total. The maximum absolute atomic E-state index is 14.2. The smallest absolute Gasteiger partial charge is 0.184 e. The van der Waals surface area contributed by atoms with Gasteiger partial charge in [0.15, 0.2) is 5.17 Å². The summed E-state index contributed by atoms with van der Waals surface area (Å²) in [7, 11) is 0. The van der Waals surface area contributed by atoms with Gasteiger partial charge < -0.3 is 10.5 Å². The first-order valence-electron chi connectivity index (χ1n) is 7.61. The van der Waals surface area contributed by atoms with E-state index in [0.29, 0.717) is 16.3 Å². The highest BCUT2D eigenvalue weighted by molar-refractivity contribution is 8.13. The van der Waals surface area contributed by atoms with Crippen LogP contribution < -0.4 is 5.73 Å². The number of aliphatic imine (C=N–C) groups is 2. The Morgan fingerprint density at radius 3 is 2.76 bits per heavy atom. The number of thioether (sulfide) groups is 1. The van der Waals surface area contributed by atoms with Crippen LogP contribution in [0.5, 0.6) is 0 Å². The summed E-state index contributed by atoms with van der Waals surface area (Å²) in [5.41, 5.74) is 5.43. The first-order valence-corrected chi connectivity index (χ1v) is 8.84. The van der Waals surface area contributed by atoms with E-state index in [1.165, 1.54) is 30.0 Å². The second-order valence-electron chi connectivity index (χ2n) is 5.50. The molecule has 0 amide bonds. The number of hydrogen-bond donors (Lipinski definition) is 1. The average Bonchev–Trinajstić information content (AvgIpc) is 3.34. The third kappa shape index (κ3) is 3.57. The molecule has 1 aliphatic heterocycles. The Morgan fingerprint density at radius 2 is 2.08 bits per heavy atom. The number of amidine groups is 1. The van der Waals surface area contributed by atoms with Gasteiger partial charge >= 0.3 is 0 Å². The number of benzene rings is 2. The summed E-state index contributed by atoms with van der Waals surface area (Å²) in [6, 6.07) is 12.5. The minimum Gasteiger partial charge on any atom is -0.390 e. The van der Waals surface area contributed by atoms with Crippen molar-refractivity contribution in [1.82, 2.24) is 0 Å². The Morgan fingerprint density at radius 1 is 1.28 bits per heavy atom. The molecule has 2 atom stereocenters. The minimum absolute atomic E-state index is 0.183. The fraction of sp³-hybridized carbons (Fsp3) is 0.222. The highest BCUT2D eigenvalue weighted by Gasteiger charge is 2.59. The summed E-state index contributed by atoms with van der Waals surface area (Å²) in [4.78, 5) is 8.37. The summed E-state index contributed by atoms with van der Waals surface area (Å²) < 4.78 is 33.8. The quantitative estimate of drug-likeness (QED) is 0.514. The second kappa shape index (κ2) is 7.33. The fourth-order valence-electron chi connectivity index (χ4n) is 2.77. The molecule has 0 saturated carbocycles. The van der Waals surface area contributed by atoms with Gasteiger partial charge in [-0.25, -0.2) is 13.8 Å². The first-order chi connectivity index (χ1) is 12.1. The Bertz CT molecular complexity index is 827. The highest BCUT2D eigenvalue weighted by Crippen LogP contribution is 2.57. The van der Waals surface area contributed by atoms with Crippen molar-refractivity contribution in [2.75, 3.05) is 12.8 Å². The SMILES string of the molecule is CSC(=NC[C@]1(c2cccc(F)c2)O[C@@H]1c1ccccc1F)/N=C\N. The third-order valence-corrected chi connectivity index (χ3v) is 4.61. The van der Waals surface area contributed by atoms with Gasteiger partial charge in [-0.1, -0.05) is 42.1 Å². The molecule has 0 unspecified atom stereocenters. The van der Waals surface area contributed by atoms with E-state index in [9.17, 15) is 8.78 Å². The Labute approximate surface area is 148 Å². The van der Waals surface area contributed by atoms with Crippen molar-refractivity contribution in [1.29, 1.82) is 0 Å². The lowest BCUT2D eigenvalue weighted by molar-refractivity contribution is 0.300. The monoisotopic (exact) mass is 361 g/mol. The molecule has 2 aromatic rings. The molecule has 0 bridgehead atoms. The third-order valence-electron chi connectivity index (χ3n) is 4.01. The lowest BCUT2D eigenvalue weighted by Crippen LogP contribution is -2.16. The molecule has 0 aliphatic carbocycles. The molecule has 25 heavy (non-hydrogen) atoms. The molecule has 130 valence electrons. The van der Waals surface area contributed by atoms with Crippen molar-refractivity contribution in [2.45, 2.75) is 11.7 Å². The van der Waals surface area contributed by atoms with Crippen LogP contribution >= 0.6 is 11.8 Å². The highest BCUT2D eigenvalue weighted by atomic mass is 32.2. The molecule has 1 fully saturated rings. The molecular weight excluding hydrogens is 344 g/mol. The van der Waals surface area contributed by atoms with Gasteiger partial charge in [-0.2, -0.15) is 0 Å². The van der Waals surface area contributed by atoms with Gasteiger partial charge in [-0.05, 0) is 30.0 Å². The maximum Gasteiger partial charge on any atom is 0.184 e. The summed E-state index contributed by atoms with van der Waals surface area (Å²) in [5.74, 6) is -0.742. The molecule has 1 saturated heterocycles. The standard InChI is InChI=1S/C18H17F2N3OS/c1-25-17(23-11-21)22-10-18(12-5-4-6-13(19)9-12)16(24-18)14-7-2-3-8-15(14)20/h2-9,11,16H,10H2,1H3,(H2,21,22,23)/t16-,18-/m1/s1. The van der Waals surface area contributed by atoms with Crippen LogP contribution in [0.3, 0.4) is 0 Å². The molecule has 1 aliphatic rings. The second-order valence-corrected chi connectivity index (χ2v) is 6.27. The number of halogens is 2. The predicted octanol–water partition coefficient (Wildman–Crippen LogP) is 3.64. The van der Waals surface area contributed by atoms with Crippen molar-refractivity contribution in [3.8, 4) is 0 Å². The molecule has 2 aromatic carbocycles. The molecular formula is C18H17F2N3OS. The normalized spacial score (nSPS) is 23.2. The van der Waals surface area contributed by atoms with Gasteiger partial charge in [0.1, 0.15) is 23.3 Å². The minimum atomic E-state index is -0.921. The Kier molecular flexibility index (Phi) is 5.15. The van der Waals surface area contributed by atoms with E-state index in [1.54, 1.807) is 30.3 Å². The fourth-order valence-corrected chi connectivity index (χ4v) is 3.13. The van der Waals surface area contributed by atoms with Crippen LogP contribution in [-0.2, 0) is 10.3 Å². The van der Waals surface area contributed by atoms with E-state index < -0.39 is 11.7 Å². The zero-order chi connectivity index (χ0) is 17.9. The van der Waals surface area contributed by atoms with Crippen LogP contribution in [0.25, 0.3) is 0 Å². The molecule has 0 aromatic heterocycles. The van der Waals surface area contributed by atoms with Crippen molar-refractivity contribution in [3.05, 3.63) is 71.3 Å². The van der Waals surface area contributed by atoms with E-state index in [-0.39, 0.29) is 18.2 Å². The van der Waals surface area contributed by atoms with Gasteiger partial charge in [0.2, 0.25) is 0 Å². The van der Waals surface area contributed by atoms with E-state index >= 15 is 0 Å². The largest absolute Gasteiger partial charge is 0.390 e. The van der Waals surface area contributed by atoms with Crippen molar-refractivity contribution < 1.29 is 13.5 Å². The molecule has 0 radical (unpaired) electrons. The van der Waals surface area contributed by atoms with Crippen LogP contribution in [-0.4, -0.2) is 24.3 Å². The predicted molar refractivity (Wildman–Crippen MR) is 96.8 cm³/mol. The lowest BCUT2D eigenvalue weighted by atomic mass is 9.91. The van der Waals surface area contributed by atoms with Gasteiger partial charge in [0.25, 0.3) is 0 Å². The molecule has 3 rings (SSSR count). The van der Waals surface area contributed by atoms with Crippen molar-refractivity contribution >= 4 is 23.3 Å². The summed E-state index contributed by atoms with van der Waals surface area (Å²) >= 11 is 1.33. The van der Waals surface area contributed by atoms with Crippen LogP contribution in [0.1, 0.15) is 17.2 Å². The van der Waals surface area contributed by atoms with Crippen LogP contribution in [0.15, 0.2) is 58.5 Å². The molecule has 1 heterocycles. The van der Waals surface area contributed by atoms with Gasteiger partial charge in [0.05, 0.1) is 12.9 Å². The number of hydrogen-bond acceptors (Lipinski definition) is 3. The van der Waals surface area contributed by atoms with Gasteiger partial charge in [-0.3, -0.25) is 4.99 Å². The molecule has 7 heteroatoms. The zero-order valence-corrected chi connectivity index (χ0v) is 14.3. The van der Waals surface area contributed by atoms with Crippen molar-refractivity contribution in [3.63, 3.8) is 0 Å². The summed E-state index contributed by atoms with van der Waals surface area (Å²) in [5, 5.41) is 0.473. The van der Waals surface area contributed by atoms with Gasteiger partial charge in [0, 0.05) is 5.56 Å². The number of nitrogens with two attached hydrogens (primary N) is 1. The number of nitrogens with zero attached hydrogens (tertiary/aromatic N) is 2. The lowest BCUT2D eigenvalue weighted by Gasteiger charge is -2.12. The average molecular weight is 361 g/mol. The van der Waals surface area contributed by atoms with Crippen LogP contribution in [0.2, 0.25) is 0 Å². The zero-order valence-electron chi connectivity index (χ0n) is 13.5. The molecule has 0 spiro atoms. The first kappa shape index (κ1) is 17.6. The number of epoxide rings is 1. The van der Waals surface area contributed by atoms with E-state index in [1.807, 2.05) is 6.26 Å². The summed E-state index contributed by atoms with van der Waals surface area (Å²) in [6.07, 6.45) is 2.44. The number of ether oxygens (including phenoxy) is 1. The van der Waals surface area contributed by atoms with E-state index in [4.69, 9.17) is 10.5 Å². The molecule has 4 nitrogen and oxygen atoms in total. The van der Waals surface area contributed by atoms with Gasteiger partial charge in [-0.15, -0.1) is 0 Å². The Hall–Kier alpha value is -2.25. The number of rotatable bonds is 4. The Balaban J connectivity index is 1.98. The summed E-state index contributed by atoms with van der Waals surface area (Å²) in [6.45, 7) is 0.183. The van der Waals surface area contributed by atoms with Crippen LogP contribution in [0, 0.1) is 11.6 Å². The maximum atomic E-state index is 14.2. The topological polar surface area (TPSA) is 63.3 Å². The van der Waals surface area contributed by atoms with Crippen molar-refractivity contribution in [2.24, 2.45) is 15.7 Å². The van der Waals surface area contributed by atoms with E-state index in [2.05, 4.69) is 9.98 Å². The van der Waals surface area contributed by atoms with Crippen LogP contribution in [0.4, 0.5) is 8.78 Å².